The van der Waals surface area contributed by atoms with Crippen molar-refractivity contribution in [1.82, 2.24) is 9.55 Å². The van der Waals surface area contributed by atoms with Crippen molar-refractivity contribution in [3.63, 3.8) is 0 Å². The molecule has 0 bridgehead atoms. The van der Waals surface area contributed by atoms with Crippen molar-refractivity contribution in [3.8, 4) is 11.1 Å². The molecule has 0 spiro atoms. The first-order valence-corrected chi connectivity index (χ1v) is 13.5. The van der Waals surface area contributed by atoms with Gasteiger partial charge >= 0.3 is 0 Å². The van der Waals surface area contributed by atoms with Gasteiger partial charge in [-0.2, -0.15) is 0 Å². The first-order valence-electron chi connectivity index (χ1n) is 13.5. The Morgan fingerprint density at radius 2 is 1.57 bits per heavy atom. The highest BCUT2D eigenvalue weighted by atomic mass is 16.5. The second-order valence-electron chi connectivity index (χ2n) is 10.2. The van der Waals surface area contributed by atoms with Gasteiger partial charge in [-0.25, -0.2) is 4.98 Å². The standard InChI is InChI=1S/C32H35N5O3/c1-22-18-23(2)33-29(19-22)37-16-14-36(15-17-37)26-12-10-25(11-13-26)34-32(39)31(38)30-28(24-8-6-5-7-9-24)20-27(21-40-4)35(30)3/h5-13,18-20H,14-17,21H2,1-4H3,(H,34,39). The minimum atomic E-state index is -0.676. The number of anilines is 3. The maximum Gasteiger partial charge on any atom is 0.298 e. The lowest BCUT2D eigenvalue weighted by molar-refractivity contribution is -0.112. The van der Waals surface area contributed by atoms with Crippen LogP contribution in [0.1, 0.15) is 27.4 Å². The van der Waals surface area contributed by atoms with Crippen molar-refractivity contribution in [1.29, 1.82) is 0 Å². The molecule has 206 valence electrons. The van der Waals surface area contributed by atoms with Crippen molar-refractivity contribution in [2.45, 2.75) is 20.5 Å². The van der Waals surface area contributed by atoms with Gasteiger partial charge in [-0.3, -0.25) is 9.59 Å². The zero-order valence-electron chi connectivity index (χ0n) is 23.5. The lowest BCUT2D eigenvalue weighted by Gasteiger charge is -2.37. The van der Waals surface area contributed by atoms with E-state index in [-0.39, 0.29) is 0 Å². The largest absolute Gasteiger partial charge is 0.378 e. The Morgan fingerprint density at radius 1 is 0.900 bits per heavy atom. The first kappa shape index (κ1) is 27.1. The molecular weight excluding hydrogens is 502 g/mol. The van der Waals surface area contributed by atoms with Gasteiger partial charge in [0.05, 0.1) is 6.61 Å². The maximum atomic E-state index is 13.4. The van der Waals surface area contributed by atoms with E-state index in [0.717, 1.165) is 54.6 Å². The molecule has 1 fully saturated rings. The minimum absolute atomic E-state index is 0.335. The quantitative estimate of drug-likeness (QED) is 0.252. The number of methoxy groups -OCH3 is 1. The molecule has 40 heavy (non-hydrogen) atoms. The van der Waals surface area contributed by atoms with E-state index in [1.807, 2.05) is 67.6 Å². The number of ether oxygens (including phenoxy) is 1. The fourth-order valence-corrected chi connectivity index (χ4v) is 5.28. The van der Waals surface area contributed by atoms with Crippen LogP contribution in [0.2, 0.25) is 0 Å². The number of aryl methyl sites for hydroxylation is 2. The molecule has 8 nitrogen and oxygen atoms in total. The molecule has 1 aliphatic heterocycles. The second-order valence-corrected chi connectivity index (χ2v) is 10.2. The predicted molar refractivity (Wildman–Crippen MR) is 159 cm³/mol. The van der Waals surface area contributed by atoms with E-state index < -0.39 is 11.7 Å². The average molecular weight is 538 g/mol. The highest BCUT2D eigenvalue weighted by Gasteiger charge is 2.26. The Morgan fingerprint density at radius 3 is 2.23 bits per heavy atom. The third kappa shape index (κ3) is 5.77. The first-order chi connectivity index (χ1) is 19.3. The molecular formula is C32H35N5O3. The normalized spacial score (nSPS) is 13.4. The lowest BCUT2D eigenvalue weighted by atomic mass is 10.0. The Hall–Kier alpha value is -4.43. The fourth-order valence-electron chi connectivity index (χ4n) is 5.28. The zero-order chi connectivity index (χ0) is 28.2. The second kappa shape index (κ2) is 11.8. The highest BCUT2D eigenvalue weighted by Crippen LogP contribution is 2.28. The van der Waals surface area contributed by atoms with Crippen LogP contribution in [0, 0.1) is 13.8 Å². The summed E-state index contributed by atoms with van der Waals surface area (Å²) in [5, 5.41) is 2.79. The summed E-state index contributed by atoms with van der Waals surface area (Å²) in [7, 11) is 3.39. The third-order valence-electron chi connectivity index (χ3n) is 7.31. The summed E-state index contributed by atoms with van der Waals surface area (Å²) in [6.45, 7) is 7.98. The number of carbonyl (C=O) groups excluding carboxylic acids is 2. The molecule has 4 aromatic rings. The van der Waals surface area contributed by atoms with Gasteiger partial charge < -0.3 is 24.4 Å². The minimum Gasteiger partial charge on any atom is -0.378 e. The number of nitrogens with one attached hydrogen (secondary N) is 1. The van der Waals surface area contributed by atoms with Crippen LogP contribution in [0.25, 0.3) is 11.1 Å². The van der Waals surface area contributed by atoms with Crippen molar-refractivity contribution in [2.75, 3.05) is 48.4 Å². The molecule has 0 unspecified atom stereocenters. The number of amides is 1. The summed E-state index contributed by atoms with van der Waals surface area (Å²) in [5.41, 5.74) is 6.64. The Labute approximate surface area is 235 Å². The van der Waals surface area contributed by atoms with Gasteiger partial charge in [0.2, 0.25) is 0 Å². The molecule has 0 radical (unpaired) electrons. The summed E-state index contributed by atoms with van der Waals surface area (Å²) in [4.78, 5) is 35.8. The summed E-state index contributed by atoms with van der Waals surface area (Å²) >= 11 is 0. The molecule has 0 atom stereocenters. The Bertz CT molecular complexity index is 1480. The van der Waals surface area contributed by atoms with E-state index in [1.165, 1.54) is 5.56 Å². The SMILES string of the molecule is COCc1cc(-c2ccccc2)c(C(=O)C(=O)Nc2ccc(N3CCN(c4cc(C)cc(C)n4)CC3)cc2)n1C. The smallest absolute Gasteiger partial charge is 0.298 e. The highest BCUT2D eigenvalue weighted by molar-refractivity contribution is 6.47. The monoisotopic (exact) mass is 537 g/mol. The van der Waals surface area contributed by atoms with Crippen molar-refractivity contribution in [2.24, 2.45) is 7.05 Å². The van der Waals surface area contributed by atoms with Crippen LogP contribution in [0.5, 0.6) is 0 Å². The van der Waals surface area contributed by atoms with Crippen molar-refractivity contribution in [3.05, 3.63) is 95.4 Å². The van der Waals surface area contributed by atoms with Crippen LogP contribution < -0.4 is 15.1 Å². The van der Waals surface area contributed by atoms with Gasteiger partial charge in [0, 0.05) is 68.7 Å². The zero-order valence-corrected chi connectivity index (χ0v) is 23.5. The Kier molecular flexibility index (Phi) is 7.98. The van der Waals surface area contributed by atoms with Crippen LogP contribution in [-0.2, 0) is 23.2 Å². The number of hydrogen-bond donors (Lipinski definition) is 1. The number of aromatic nitrogens is 2. The van der Waals surface area contributed by atoms with E-state index in [4.69, 9.17) is 9.72 Å². The molecule has 1 saturated heterocycles. The molecule has 8 heteroatoms. The van der Waals surface area contributed by atoms with E-state index in [1.54, 1.807) is 18.7 Å². The molecule has 2 aromatic carbocycles. The van der Waals surface area contributed by atoms with E-state index in [2.05, 4.69) is 34.2 Å². The molecule has 2 aromatic heterocycles. The van der Waals surface area contributed by atoms with Crippen LogP contribution in [0.4, 0.5) is 17.2 Å². The third-order valence-corrected chi connectivity index (χ3v) is 7.31. The summed E-state index contributed by atoms with van der Waals surface area (Å²) < 4.78 is 7.05. The van der Waals surface area contributed by atoms with Crippen LogP contribution in [-0.4, -0.2) is 54.5 Å². The molecule has 3 heterocycles. The number of carbonyl (C=O) groups is 2. The van der Waals surface area contributed by atoms with Crippen molar-refractivity contribution < 1.29 is 14.3 Å². The number of benzene rings is 2. The number of Topliss-reactive ketones (excluding diaryl/α,β-unsaturated/α-hetero) is 1. The Balaban J connectivity index is 1.25. The number of ketones is 1. The van der Waals surface area contributed by atoms with Gasteiger partial charge in [-0.15, -0.1) is 0 Å². The number of piperazine rings is 1. The summed E-state index contributed by atoms with van der Waals surface area (Å²) in [5.74, 6) is -0.239. The molecule has 5 rings (SSSR count). The average Bonchev–Trinajstić information content (AvgIpc) is 3.29. The summed E-state index contributed by atoms with van der Waals surface area (Å²) in [6, 6.07) is 23.4. The molecule has 1 N–H and O–H groups in total. The van der Waals surface area contributed by atoms with Gasteiger partial charge in [-0.1, -0.05) is 30.3 Å². The van der Waals surface area contributed by atoms with Gasteiger partial charge in [-0.05, 0) is 67.4 Å². The molecule has 1 aliphatic rings. The van der Waals surface area contributed by atoms with Crippen LogP contribution in [0.15, 0.2) is 72.8 Å². The van der Waals surface area contributed by atoms with Crippen molar-refractivity contribution >= 4 is 28.9 Å². The van der Waals surface area contributed by atoms with E-state index >= 15 is 0 Å². The summed E-state index contributed by atoms with van der Waals surface area (Å²) in [6.07, 6.45) is 0. The van der Waals surface area contributed by atoms with Crippen LogP contribution in [0.3, 0.4) is 0 Å². The lowest BCUT2D eigenvalue weighted by Crippen LogP contribution is -2.46. The maximum absolute atomic E-state index is 13.4. The van der Waals surface area contributed by atoms with E-state index in [0.29, 0.717) is 23.6 Å². The van der Waals surface area contributed by atoms with E-state index in [9.17, 15) is 9.59 Å². The number of nitrogens with zero attached hydrogens (tertiary/aromatic N) is 4. The number of rotatable bonds is 8. The van der Waals surface area contributed by atoms with Gasteiger partial charge in [0.15, 0.2) is 0 Å². The topological polar surface area (TPSA) is 79.7 Å². The fraction of sp³-hybridized carbons (Fsp3) is 0.281. The molecule has 0 saturated carbocycles. The van der Waals surface area contributed by atoms with Gasteiger partial charge in [0.25, 0.3) is 11.7 Å². The van der Waals surface area contributed by atoms with Gasteiger partial charge in [0.1, 0.15) is 11.5 Å². The molecule has 0 aliphatic carbocycles. The van der Waals surface area contributed by atoms with Crippen LogP contribution >= 0.6 is 0 Å². The molecule has 1 amide bonds. The number of hydrogen-bond acceptors (Lipinski definition) is 6. The predicted octanol–water partition coefficient (Wildman–Crippen LogP) is 5.00. The number of pyridine rings is 1.